The Morgan fingerprint density at radius 2 is 1.86 bits per heavy atom. The molecule has 1 aliphatic rings. The number of benzene rings is 2. The summed E-state index contributed by atoms with van der Waals surface area (Å²) in [6.45, 7) is 4.42. The van der Waals surface area contributed by atoms with E-state index in [4.69, 9.17) is 4.74 Å². The second-order valence-corrected chi connectivity index (χ2v) is 8.38. The molecule has 3 aromatic rings. The molecule has 1 aromatic heterocycles. The maximum absolute atomic E-state index is 13.5. The van der Waals surface area contributed by atoms with E-state index < -0.39 is 0 Å². The number of methoxy groups -OCH3 is 1. The van der Waals surface area contributed by atoms with Crippen molar-refractivity contribution in [2.45, 2.75) is 45.6 Å². The molecule has 152 valence electrons. The van der Waals surface area contributed by atoms with Crippen LogP contribution in [0, 0.1) is 17.7 Å². The van der Waals surface area contributed by atoms with E-state index in [1.807, 2.05) is 12.1 Å². The minimum Gasteiger partial charge on any atom is -0.469 e. The van der Waals surface area contributed by atoms with E-state index in [-0.39, 0.29) is 11.8 Å². The van der Waals surface area contributed by atoms with Gasteiger partial charge < -0.3 is 9.30 Å². The average Bonchev–Trinajstić information content (AvgIpc) is 3.36. The fourth-order valence-corrected chi connectivity index (χ4v) is 4.62. The van der Waals surface area contributed by atoms with E-state index in [0.29, 0.717) is 24.3 Å². The lowest BCUT2D eigenvalue weighted by atomic mass is 9.98. The van der Waals surface area contributed by atoms with Crippen molar-refractivity contribution in [3.8, 4) is 11.1 Å². The lowest BCUT2D eigenvalue weighted by molar-refractivity contribution is -0.141. The number of halogens is 1. The van der Waals surface area contributed by atoms with E-state index in [2.05, 4.69) is 42.7 Å². The predicted molar refractivity (Wildman–Crippen MR) is 114 cm³/mol. The summed E-state index contributed by atoms with van der Waals surface area (Å²) in [4.78, 5) is 11.6. The highest BCUT2D eigenvalue weighted by Gasteiger charge is 2.38. The van der Waals surface area contributed by atoms with Gasteiger partial charge >= 0.3 is 5.97 Å². The smallest absolute Gasteiger partial charge is 0.305 e. The van der Waals surface area contributed by atoms with Crippen molar-refractivity contribution in [1.29, 1.82) is 0 Å². The molecule has 1 saturated carbocycles. The number of fused-ring (bicyclic) bond motifs is 1. The second-order valence-electron chi connectivity index (χ2n) is 8.38. The van der Waals surface area contributed by atoms with Gasteiger partial charge in [-0.05, 0) is 68.7 Å². The first-order chi connectivity index (χ1) is 14.0. The molecule has 2 atom stereocenters. The Kier molecular flexibility index (Phi) is 5.44. The van der Waals surface area contributed by atoms with E-state index >= 15 is 0 Å². The Morgan fingerprint density at radius 1 is 1.14 bits per heavy atom. The average molecular weight is 394 g/mol. The van der Waals surface area contributed by atoms with Crippen molar-refractivity contribution >= 4 is 16.9 Å². The Bertz CT molecular complexity index is 1020. The van der Waals surface area contributed by atoms with Gasteiger partial charge in [0.1, 0.15) is 5.82 Å². The monoisotopic (exact) mass is 393 g/mol. The summed E-state index contributed by atoms with van der Waals surface area (Å²) in [5.74, 6) is 0.703. The third-order valence-corrected chi connectivity index (χ3v) is 6.14. The van der Waals surface area contributed by atoms with Gasteiger partial charge in [0.05, 0.1) is 7.11 Å². The van der Waals surface area contributed by atoms with Crippen LogP contribution in [-0.2, 0) is 16.0 Å². The molecule has 0 radical (unpaired) electrons. The molecule has 0 aliphatic heterocycles. The minimum atomic E-state index is -0.216. The number of nitrogens with zero attached hydrogens (tertiary/aromatic N) is 1. The zero-order valence-corrected chi connectivity index (χ0v) is 17.3. The number of ether oxygens (including phenoxy) is 1. The molecule has 0 N–H and O–H groups in total. The highest BCUT2D eigenvalue weighted by Crippen LogP contribution is 2.46. The molecule has 2 aromatic carbocycles. The summed E-state index contributed by atoms with van der Waals surface area (Å²) in [6.07, 6.45) is 3.63. The van der Waals surface area contributed by atoms with E-state index in [1.54, 1.807) is 0 Å². The quantitative estimate of drug-likeness (QED) is 0.450. The molecule has 1 fully saturated rings. The van der Waals surface area contributed by atoms with Crippen LogP contribution in [0.1, 0.15) is 44.8 Å². The molecule has 0 spiro atoms. The number of hydrogen-bond acceptors (Lipinski definition) is 2. The summed E-state index contributed by atoms with van der Waals surface area (Å²) in [6, 6.07) is 15.6. The van der Waals surface area contributed by atoms with Crippen molar-refractivity contribution < 1.29 is 13.9 Å². The molecular weight excluding hydrogens is 365 g/mol. The Labute approximate surface area is 171 Å². The van der Waals surface area contributed by atoms with Gasteiger partial charge in [-0.2, -0.15) is 0 Å². The van der Waals surface area contributed by atoms with E-state index in [0.717, 1.165) is 24.8 Å². The van der Waals surface area contributed by atoms with Crippen LogP contribution in [-0.4, -0.2) is 17.6 Å². The highest BCUT2D eigenvalue weighted by atomic mass is 19.1. The van der Waals surface area contributed by atoms with Gasteiger partial charge in [-0.15, -0.1) is 0 Å². The standard InChI is InChI=1S/C25H28FNO2/c1-16(2)27-22-7-5-4-6-21(22)25(17-8-11-20(26)12-9-17)23(27)13-10-18-14-19(18)15-24(28)29-3/h4-9,11-12,16,18-19H,10,13-15H2,1-3H3. The number of carbonyl (C=O) groups is 1. The Morgan fingerprint density at radius 3 is 2.55 bits per heavy atom. The molecule has 4 heteroatoms. The summed E-state index contributed by atoms with van der Waals surface area (Å²) in [5.41, 5.74) is 4.79. The number of aromatic nitrogens is 1. The first kappa shape index (κ1) is 19.7. The number of esters is 1. The normalized spacial score (nSPS) is 18.4. The van der Waals surface area contributed by atoms with Crippen LogP contribution in [0.3, 0.4) is 0 Å². The molecule has 2 unspecified atom stereocenters. The largest absolute Gasteiger partial charge is 0.469 e. The first-order valence-corrected chi connectivity index (χ1v) is 10.4. The fourth-order valence-electron chi connectivity index (χ4n) is 4.62. The van der Waals surface area contributed by atoms with Gasteiger partial charge in [0, 0.05) is 34.6 Å². The summed E-state index contributed by atoms with van der Waals surface area (Å²) < 4.78 is 20.8. The third-order valence-electron chi connectivity index (χ3n) is 6.14. The lowest BCUT2D eigenvalue weighted by Crippen LogP contribution is -2.07. The molecule has 4 rings (SSSR count). The number of para-hydroxylation sites is 1. The summed E-state index contributed by atoms with van der Waals surface area (Å²) in [7, 11) is 1.45. The minimum absolute atomic E-state index is 0.110. The van der Waals surface area contributed by atoms with Crippen LogP contribution in [0.15, 0.2) is 48.5 Å². The van der Waals surface area contributed by atoms with Crippen molar-refractivity contribution in [3.05, 3.63) is 60.0 Å². The summed E-state index contributed by atoms with van der Waals surface area (Å²) >= 11 is 0. The van der Waals surface area contributed by atoms with E-state index in [9.17, 15) is 9.18 Å². The van der Waals surface area contributed by atoms with Crippen LogP contribution in [0.2, 0.25) is 0 Å². The highest BCUT2D eigenvalue weighted by molar-refractivity contribution is 5.98. The zero-order chi connectivity index (χ0) is 20.5. The molecule has 29 heavy (non-hydrogen) atoms. The SMILES string of the molecule is COC(=O)CC1CC1CCc1c(-c2ccc(F)cc2)c2ccccc2n1C(C)C. The molecule has 0 amide bonds. The van der Waals surface area contributed by atoms with Crippen LogP contribution in [0.5, 0.6) is 0 Å². The van der Waals surface area contributed by atoms with Gasteiger partial charge in [0.2, 0.25) is 0 Å². The van der Waals surface area contributed by atoms with Gasteiger partial charge in [-0.25, -0.2) is 4.39 Å². The number of hydrogen-bond donors (Lipinski definition) is 0. The van der Waals surface area contributed by atoms with Crippen LogP contribution < -0.4 is 0 Å². The zero-order valence-electron chi connectivity index (χ0n) is 17.3. The van der Waals surface area contributed by atoms with Crippen molar-refractivity contribution in [2.75, 3.05) is 7.11 Å². The van der Waals surface area contributed by atoms with Crippen molar-refractivity contribution in [2.24, 2.45) is 11.8 Å². The Balaban J connectivity index is 1.70. The topological polar surface area (TPSA) is 31.2 Å². The second kappa shape index (κ2) is 8.02. The van der Waals surface area contributed by atoms with Crippen LogP contribution in [0.25, 0.3) is 22.0 Å². The molecule has 1 heterocycles. The fraction of sp³-hybridized carbons (Fsp3) is 0.400. The lowest BCUT2D eigenvalue weighted by Gasteiger charge is -2.16. The molecule has 0 bridgehead atoms. The summed E-state index contributed by atoms with van der Waals surface area (Å²) in [5, 5.41) is 1.21. The van der Waals surface area contributed by atoms with Crippen molar-refractivity contribution in [3.63, 3.8) is 0 Å². The maximum atomic E-state index is 13.5. The van der Waals surface area contributed by atoms with Gasteiger partial charge in [-0.3, -0.25) is 4.79 Å². The van der Waals surface area contributed by atoms with E-state index in [1.165, 1.54) is 41.4 Å². The number of rotatable bonds is 7. The van der Waals surface area contributed by atoms with Crippen LogP contribution >= 0.6 is 0 Å². The van der Waals surface area contributed by atoms with Gasteiger partial charge in [0.15, 0.2) is 0 Å². The Hall–Kier alpha value is -2.62. The first-order valence-electron chi connectivity index (χ1n) is 10.4. The molecule has 3 nitrogen and oxygen atoms in total. The third kappa shape index (κ3) is 3.93. The molecular formula is C25H28FNO2. The van der Waals surface area contributed by atoms with Gasteiger partial charge in [-0.1, -0.05) is 30.3 Å². The van der Waals surface area contributed by atoms with Crippen molar-refractivity contribution in [1.82, 2.24) is 4.57 Å². The maximum Gasteiger partial charge on any atom is 0.305 e. The predicted octanol–water partition coefficient (Wildman–Crippen LogP) is 6.16. The molecule has 1 aliphatic carbocycles. The van der Waals surface area contributed by atoms with Crippen LogP contribution in [0.4, 0.5) is 4.39 Å². The van der Waals surface area contributed by atoms with Gasteiger partial charge in [0.25, 0.3) is 0 Å². The number of carbonyl (C=O) groups excluding carboxylic acids is 1. The molecule has 0 saturated heterocycles.